The van der Waals surface area contributed by atoms with E-state index in [1.54, 1.807) is 6.92 Å². The molecular formula is C24H23F3N6O3. The maximum Gasteiger partial charge on any atom is 0.416 e. The fourth-order valence-corrected chi connectivity index (χ4v) is 3.12. The standard InChI is InChI=1S/C24H23F3N6O3/c1-2-36-22-18(12-28)20(32-23(29)33-22)31-19(14-35-13-15-7-4-3-5-8-15)21(34)30-17-10-6-9-16(11-17)24(25,26)27/h3-11,19H,2,13-14H2,1H3,(H,30,34)(H3,29,31,32,33)/t19-/m0/s1. The first-order valence-corrected chi connectivity index (χ1v) is 10.8. The number of carbonyl (C=O) groups is 1. The summed E-state index contributed by atoms with van der Waals surface area (Å²) in [5, 5.41) is 14.8. The van der Waals surface area contributed by atoms with E-state index in [0.29, 0.717) is 0 Å². The van der Waals surface area contributed by atoms with Crippen molar-refractivity contribution in [2.75, 3.05) is 29.6 Å². The van der Waals surface area contributed by atoms with Crippen molar-refractivity contribution >= 4 is 23.4 Å². The number of carbonyl (C=O) groups excluding carboxylic acids is 1. The summed E-state index contributed by atoms with van der Waals surface area (Å²) in [6.45, 7) is 1.84. The summed E-state index contributed by atoms with van der Waals surface area (Å²) in [4.78, 5) is 21.0. The molecule has 1 heterocycles. The molecule has 1 atom stereocenters. The lowest BCUT2D eigenvalue weighted by molar-refractivity contribution is -0.137. The van der Waals surface area contributed by atoms with Crippen LogP contribution in [0.2, 0.25) is 0 Å². The third-order valence-electron chi connectivity index (χ3n) is 4.77. The Labute approximate surface area is 205 Å². The van der Waals surface area contributed by atoms with Gasteiger partial charge in [-0.05, 0) is 30.7 Å². The lowest BCUT2D eigenvalue weighted by atomic mass is 10.2. The fourth-order valence-electron chi connectivity index (χ4n) is 3.12. The van der Waals surface area contributed by atoms with E-state index in [4.69, 9.17) is 15.2 Å². The molecule has 0 fully saturated rings. The molecule has 4 N–H and O–H groups in total. The molecule has 0 aliphatic rings. The fraction of sp³-hybridized carbons (Fsp3) is 0.250. The Morgan fingerprint density at radius 3 is 2.58 bits per heavy atom. The minimum Gasteiger partial charge on any atom is -0.477 e. The van der Waals surface area contributed by atoms with Crippen LogP contribution in [0.5, 0.6) is 5.88 Å². The molecule has 0 aliphatic carbocycles. The molecule has 3 aromatic rings. The van der Waals surface area contributed by atoms with E-state index in [1.165, 1.54) is 12.1 Å². The van der Waals surface area contributed by atoms with Crippen LogP contribution >= 0.6 is 0 Å². The van der Waals surface area contributed by atoms with Crippen LogP contribution in [0.25, 0.3) is 0 Å². The Kier molecular flexibility index (Phi) is 8.64. The number of nitrogens with two attached hydrogens (primary N) is 1. The number of benzene rings is 2. The summed E-state index contributed by atoms with van der Waals surface area (Å²) in [6.07, 6.45) is -4.58. The highest BCUT2D eigenvalue weighted by Gasteiger charge is 2.31. The van der Waals surface area contributed by atoms with E-state index < -0.39 is 23.7 Å². The highest BCUT2D eigenvalue weighted by atomic mass is 19.4. The maximum absolute atomic E-state index is 13.1. The van der Waals surface area contributed by atoms with Crippen LogP contribution in [0, 0.1) is 11.3 Å². The van der Waals surface area contributed by atoms with Gasteiger partial charge in [-0.25, -0.2) is 0 Å². The lowest BCUT2D eigenvalue weighted by Gasteiger charge is -2.21. The van der Waals surface area contributed by atoms with Gasteiger partial charge in [-0.15, -0.1) is 0 Å². The number of anilines is 3. The number of amides is 1. The number of aromatic nitrogens is 2. The van der Waals surface area contributed by atoms with Gasteiger partial charge >= 0.3 is 6.18 Å². The first kappa shape index (κ1) is 26.2. The number of nitrogens with zero attached hydrogens (tertiary/aromatic N) is 3. The third-order valence-corrected chi connectivity index (χ3v) is 4.77. The van der Waals surface area contributed by atoms with Crippen molar-refractivity contribution in [1.29, 1.82) is 5.26 Å². The molecule has 0 bridgehead atoms. The van der Waals surface area contributed by atoms with Crippen molar-refractivity contribution in [3.63, 3.8) is 0 Å². The first-order valence-electron chi connectivity index (χ1n) is 10.8. The van der Waals surface area contributed by atoms with Gasteiger partial charge in [0.15, 0.2) is 11.4 Å². The Morgan fingerprint density at radius 2 is 1.92 bits per heavy atom. The smallest absolute Gasteiger partial charge is 0.416 e. The van der Waals surface area contributed by atoms with Crippen molar-refractivity contribution in [3.05, 3.63) is 71.3 Å². The second kappa shape index (κ2) is 11.9. The molecule has 0 unspecified atom stereocenters. The zero-order valence-electron chi connectivity index (χ0n) is 19.2. The van der Waals surface area contributed by atoms with Gasteiger partial charge in [0.2, 0.25) is 17.7 Å². The zero-order valence-corrected chi connectivity index (χ0v) is 19.2. The molecule has 0 aliphatic heterocycles. The number of nitriles is 1. The van der Waals surface area contributed by atoms with Crippen molar-refractivity contribution in [3.8, 4) is 11.9 Å². The third kappa shape index (κ3) is 7.07. The van der Waals surface area contributed by atoms with Crippen LogP contribution < -0.4 is 21.1 Å². The second-order valence-electron chi connectivity index (χ2n) is 7.42. The van der Waals surface area contributed by atoms with Gasteiger partial charge < -0.3 is 25.8 Å². The van der Waals surface area contributed by atoms with E-state index in [2.05, 4.69) is 20.6 Å². The molecule has 0 saturated carbocycles. The molecule has 36 heavy (non-hydrogen) atoms. The van der Waals surface area contributed by atoms with Crippen LogP contribution in [0.4, 0.5) is 30.6 Å². The van der Waals surface area contributed by atoms with Gasteiger partial charge in [0.05, 0.1) is 25.4 Å². The molecule has 3 rings (SSSR count). The van der Waals surface area contributed by atoms with Crippen LogP contribution in [0.3, 0.4) is 0 Å². The summed E-state index contributed by atoms with van der Waals surface area (Å²) >= 11 is 0. The van der Waals surface area contributed by atoms with E-state index in [1.807, 2.05) is 36.4 Å². The summed E-state index contributed by atoms with van der Waals surface area (Å²) in [6, 6.07) is 14.1. The van der Waals surface area contributed by atoms with Gasteiger partial charge in [-0.1, -0.05) is 36.4 Å². The molecule has 2 aromatic carbocycles. The molecule has 9 nitrogen and oxygen atoms in total. The second-order valence-corrected chi connectivity index (χ2v) is 7.42. The predicted octanol–water partition coefficient (Wildman–Crippen LogP) is 3.98. The number of ether oxygens (including phenoxy) is 2. The summed E-state index contributed by atoms with van der Waals surface area (Å²) < 4.78 is 50.3. The van der Waals surface area contributed by atoms with Crippen LogP contribution in [-0.2, 0) is 22.3 Å². The molecule has 188 valence electrons. The molecule has 0 spiro atoms. The topological polar surface area (TPSA) is 135 Å². The van der Waals surface area contributed by atoms with Crippen molar-refractivity contribution in [2.24, 2.45) is 0 Å². The Hall–Kier alpha value is -4.37. The molecule has 1 amide bonds. The number of nitrogens with one attached hydrogen (secondary N) is 2. The summed E-state index contributed by atoms with van der Waals surface area (Å²) in [5.74, 6) is -1.08. The minimum absolute atomic E-state index is 0.0672. The molecule has 12 heteroatoms. The van der Waals surface area contributed by atoms with Gasteiger partial charge in [0.25, 0.3) is 0 Å². The van der Waals surface area contributed by atoms with E-state index in [-0.39, 0.29) is 48.7 Å². The van der Waals surface area contributed by atoms with Gasteiger partial charge in [-0.2, -0.15) is 28.4 Å². The Balaban J connectivity index is 1.86. The SMILES string of the molecule is CCOc1nc(N)nc(N[C@@H](COCc2ccccc2)C(=O)Nc2cccc(C(F)(F)F)c2)c1C#N. The predicted molar refractivity (Wildman–Crippen MR) is 126 cm³/mol. The molecule has 0 radical (unpaired) electrons. The number of alkyl halides is 3. The average Bonchev–Trinajstić information content (AvgIpc) is 2.84. The number of nitrogen functional groups attached to an aromatic ring is 1. The number of halogens is 3. The Bertz CT molecular complexity index is 1230. The maximum atomic E-state index is 13.1. The minimum atomic E-state index is -4.58. The number of rotatable bonds is 10. The average molecular weight is 500 g/mol. The van der Waals surface area contributed by atoms with Gasteiger partial charge in [-0.3, -0.25) is 4.79 Å². The highest BCUT2D eigenvalue weighted by Crippen LogP contribution is 2.31. The molecule has 0 saturated heterocycles. The summed E-state index contributed by atoms with van der Waals surface area (Å²) in [7, 11) is 0. The lowest BCUT2D eigenvalue weighted by Crippen LogP contribution is -2.39. The quantitative estimate of drug-likeness (QED) is 0.380. The largest absolute Gasteiger partial charge is 0.477 e. The van der Waals surface area contributed by atoms with Crippen LogP contribution in [-0.4, -0.2) is 35.1 Å². The van der Waals surface area contributed by atoms with Crippen molar-refractivity contribution < 1.29 is 27.4 Å². The zero-order chi connectivity index (χ0) is 26.1. The van der Waals surface area contributed by atoms with E-state index >= 15 is 0 Å². The van der Waals surface area contributed by atoms with Gasteiger partial charge in [0.1, 0.15) is 12.1 Å². The summed E-state index contributed by atoms with van der Waals surface area (Å²) in [5.41, 5.74) is 5.50. The van der Waals surface area contributed by atoms with Crippen LogP contribution in [0.1, 0.15) is 23.6 Å². The van der Waals surface area contributed by atoms with E-state index in [0.717, 1.165) is 17.7 Å². The van der Waals surface area contributed by atoms with Crippen LogP contribution in [0.15, 0.2) is 54.6 Å². The Morgan fingerprint density at radius 1 is 1.17 bits per heavy atom. The van der Waals surface area contributed by atoms with Crippen molar-refractivity contribution in [2.45, 2.75) is 25.7 Å². The number of hydrogen-bond acceptors (Lipinski definition) is 8. The van der Waals surface area contributed by atoms with Crippen molar-refractivity contribution in [1.82, 2.24) is 9.97 Å². The highest BCUT2D eigenvalue weighted by molar-refractivity contribution is 5.96. The van der Waals surface area contributed by atoms with E-state index in [9.17, 15) is 23.2 Å². The normalized spacial score (nSPS) is 11.9. The van der Waals surface area contributed by atoms with Gasteiger partial charge in [0, 0.05) is 5.69 Å². The molecule has 1 aromatic heterocycles. The number of hydrogen-bond donors (Lipinski definition) is 3. The first-order chi connectivity index (χ1) is 17.2. The molecular weight excluding hydrogens is 477 g/mol. The monoisotopic (exact) mass is 500 g/mol.